The fourth-order valence-electron chi connectivity index (χ4n) is 2.73. The van der Waals surface area contributed by atoms with Gasteiger partial charge in [0, 0.05) is 15.8 Å². The molecule has 0 spiro atoms. The van der Waals surface area contributed by atoms with E-state index in [1.165, 1.54) is 33.6 Å². The van der Waals surface area contributed by atoms with E-state index in [-0.39, 0.29) is 17.9 Å². The maximum absolute atomic E-state index is 12.9. The lowest BCUT2D eigenvalue weighted by Crippen LogP contribution is -2.24. The highest BCUT2D eigenvalue weighted by atomic mass is 32.1. The number of thiophene rings is 2. The molecule has 0 N–H and O–H groups in total. The molecule has 3 heterocycles. The van der Waals surface area contributed by atoms with Crippen molar-refractivity contribution in [2.24, 2.45) is 0 Å². The fourth-order valence-corrected chi connectivity index (χ4v) is 4.43. The van der Waals surface area contributed by atoms with Gasteiger partial charge < -0.3 is 0 Å². The normalized spacial score (nSPS) is 11.1. The van der Waals surface area contributed by atoms with Gasteiger partial charge in [0.2, 0.25) is 0 Å². The van der Waals surface area contributed by atoms with Crippen LogP contribution in [0.15, 0.2) is 59.0 Å². The van der Waals surface area contributed by atoms with Crippen molar-refractivity contribution in [2.45, 2.75) is 13.5 Å². The summed E-state index contributed by atoms with van der Waals surface area (Å²) < 4.78 is 1.40. The van der Waals surface area contributed by atoms with Crippen molar-refractivity contribution in [3.63, 3.8) is 0 Å². The summed E-state index contributed by atoms with van der Waals surface area (Å²) in [6.45, 7) is 1.96. The van der Waals surface area contributed by atoms with Gasteiger partial charge in [-0.25, -0.2) is 4.98 Å². The van der Waals surface area contributed by atoms with Crippen LogP contribution >= 0.6 is 22.7 Å². The third-order valence-corrected chi connectivity index (χ3v) is 5.90. The molecular formula is C19H14N2O2S2. The van der Waals surface area contributed by atoms with Crippen LogP contribution in [-0.2, 0) is 6.54 Å². The Morgan fingerprint density at radius 1 is 1.16 bits per heavy atom. The number of carbonyl (C=O) groups excluding carboxylic acids is 1. The van der Waals surface area contributed by atoms with E-state index >= 15 is 0 Å². The van der Waals surface area contributed by atoms with Crippen molar-refractivity contribution in [3.8, 4) is 11.1 Å². The summed E-state index contributed by atoms with van der Waals surface area (Å²) in [7, 11) is 0. The molecule has 4 rings (SSSR count). The van der Waals surface area contributed by atoms with Crippen LogP contribution in [-0.4, -0.2) is 15.3 Å². The van der Waals surface area contributed by atoms with Crippen molar-refractivity contribution in [1.29, 1.82) is 0 Å². The minimum absolute atomic E-state index is 0.00576. The largest absolute Gasteiger partial charge is 0.291 e. The van der Waals surface area contributed by atoms with Gasteiger partial charge in [-0.3, -0.25) is 14.2 Å². The van der Waals surface area contributed by atoms with Gasteiger partial charge in [0.15, 0.2) is 5.78 Å². The first-order chi connectivity index (χ1) is 12.1. The summed E-state index contributed by atoms with van der Waals surface area (Å²) in [5, 5.41) is 2.53. The lowest BCUT2D eigenvalue weighted by atomic mass is 10.1. The molecule has 0 amide bonds. The SMILES string of the molecule is Cc1ccc(C(=O)Cn2cnc3scc(-c4ccccc4)c3c2=O)s1. The van der Waals surface area contributed by atoms with Gasteiger partial charge in [0.1, 0.15) is 4.83 Å². The molecule has 124 valence electrons. The molecule has 4 aromatic rings. The van der Waals surface area contributed by atoms with Crippen LogP contribution in [0.25, 0.3) is 21.3 Å². The number of Topliss-reactive ketones (excluding diaryl/α,β-unsaturated/α-hetero) is 1. The van der Waals surface area contributed by atoms with E-state index in [2.05, 4.69) is 4.98 Å². The maximum atomic E-state index is 12.9. The minimum Gasteiger partial charge on any atom is -0.291 e. The quantitative estimate of drug-likeness (QED) is 0.504. The lowest BCUT2D eigenvalue weighted by Gasteiger charge is -2.05. The number of ketones is 1. The highest BCUT2D eigenvalue weighted by molar-refractivity contribution is 7.17. The highest BCUT2D eigenvalue weighted by Gasteiger charge is 2.15. The summed E-state index contributed by atoms with van der Waals surface area (Å²) in [5.41, 5.74) is 1.67. The predicted octanol–water partition coefficient (Wildman–Crippen LogP) is 4.38. The first-order valence-corrected chi connectivity index (χ1v) is 9.45. The molecule has 0 fully saturated rings. The van der Waals surface area contributed by atoms with Crippen LogP contribution < -0.4 is 5.56 Å². The first-order valence-electron chi connectivity index (χ1n) is 7.75. The second-order valence-corrected chi connectivity index (χ2v) is 7.85. The summed E-state index contributed by atoms with van der Waals surface area (Å²) in [5.74, 6) is -0.0714. The molecule has 6 heteroatoms. The minimum atomic E-state index is -0.174. The average Bonchev–Trinajstić information content (AvgIpc) is 3.25. The molecule has 0 aliphatic rings. The average molecular weight is 366 g/mol. The molecule has 0 bridgehead atoms. The number of benzene rings is 1. The van der Waals surface area contributed by atoms with Gasteiger partial charge in [-0.15, -0.1) is 22.7 Å². The third-order valence-electron chi connectivity index (χ3n) is 3.97. The number of fused-ring (bicyclic) bond motifs is 1. The summed E-state index contributed by atoms with van der Waals surface area (Å²) in [6.07, 6.45) is 1.47. The maximum Gasteiger partial charge on any atom is 0.263 e. The zero-order valence-electron chi connectivity index (χ0n) is 13.4. The Labute approximate surface area is 152 Å². The number of rotatable bonds is 4. The lowest BCUT2D eigenvalue weighted by molar-refractivity contribution is 0.0974. The summed E-state index contributed by atoms with van der Waals surface area (Å²) in [6, 6.07) is 13.5. The molecule has 0 atom stereocenters. The standard InChI is InChI=1S/C19H14N2O2S2/c1-12-7-8-16(25-12)15(22)9-21-11-20-18-17(19(21)23)14(10-24-18)13-5-3-2-4-6-13/h2-8,10-11H,9H2,1H3. The summed E-state index contributed by atoms with van der Waals surface area (Å²) in [4.78, 5) is 32.2. The second-order valence-electron chi connectivity index (χ2n) is 5.71. The fraction of sp³-hybridized carbons (Fsp3) is 0.105. The van der Waals surface area contributed by atoms with E-state index < -0.39 is 0 Å². The van der Waals surface area contributed by atoms with E-state index in [9.17, 15) is 9.59 Å². The molecule has 0 aliphatic heterocycles. The van der Waals surface area contributed by atoms with Crippen LogP contribution in [0.5, 0.6) is 0 Å². The Bertz CT molecular complexity index is 1120. The monoisotopic (exact) mass is 366 g/mol. The Balaban J connectivity index is 1.77. The Morgan fingerprint density at radius 3 is 2.68 bits per heavy atom. The van der Waals surface area contributed by atoms with Gasteiger partial charge in [0.25, 0.3) is 5.56 Å². The smallest absolute Gasteiger partial charge is 0.263 e. The molecular weight excluding hydrogens is 352 g/mol. The molecule has 4 nitrogen and oxygen atoms in total. The molecule has 1 aromatic carbocycles. The topological polar surface area (TPSA) is 52.0 Å². The number of aryl methyl sites for hydroxylation is 1. The van der Waals surface area contributed by atoms with Crippen molar-refractivity contribution < 1.29 is 4.79 Å². The van der Waals surface area contributed by atoms with Gasteiger partial charge in [-0.2, -0.15) is 0 Å². The first kappa shape index (κ1) is 15.9. The molecule has 0 aliphatic carbocycles. The van der Waals surface area contributed by atoms with E-state index in [0.717, 1.165) is 16.0 Å². The van der Waals surface area contributed by atoms with Crippen molar-refractivity contribution in [1.82, 2.24) is 9.55 Å². The molecule has 0 radical (unpaired) electrons. The van der Waals surface area contributed by atoms with Gasteiger partial charge in [0.05, 0.1) is 23.1 Å². The van der Waals surface area contributed by atoms with Gasteiger partial charge in [-0.05, 0) is 24.6 Å². The van der Waals surface area contributed by atoms with Crippen LogP contribution in [0.2, 0.25) is 0 Å². The number of hydrogen-bond acceptors (Lipinski definition) is 5. The Morgan fingerprint density at radius 2 is 1.96 bits per heavy atom. The van der Waals surface area contributed by atoms with Crippen LogP contribution in [0, 0.1) is 6.92 Å². The number of aromatic nitrogens is 2. The second kappa shape index (κ2) is 6.38. The van der Waals surface area contributed by atoms with E-state index in [0.29, 0.717) is 15.1 Å². The number of nitrogens with zero attached hydrogens (tertiary/aromatic N) is 2. The van der Waals surface area contributed by atoms with E-state index in [4.69, 9.17) is 0 Å². The highest BCUT2D eigenvalue weighted by Crippen LogP contribution is 2.30. The predicted molar refractivity (Wildman–Crippen MR) is 103 cm³/mol. The molecule has 3 aromatic heterocycles. The van der Waals surface area contributed by atoms with E-state index in [1.807, 2.05) is 48.7 Å². The molecule has 0 saturated carbocycles. The van der Waals surface area contributed by atoms with Crippen molar-refractivity contribution >= 4 is 38.7 Å². The number of hydrogen-bond donors (Lipinski definition) is 0. The Hall–Kier alpha value is -2.57. The summed E-state index contributed by atoms with van der Waals surface area (Å²) >= 11 is 2.89. The number of carbonyl (C=O) groups is 1. The van der Waals surface area contributed by atoms with E-state index in [1.54, 1.807) is 6.07 Å². The van der Waals surface area contributed by atoms with Crippen LogP contribution in [0.3, 0.4) is 0 Å². The molecule has 0 unspecified atom stereocenters. The Kier molecular flexibility index (Phi) is 4.07. The van der Waals surface area contributed by atoms with Gasteiger partial charge >= 0.3 is 0 Å². The third kappa shape index (κ3) is 2.94. The van der Waals surface area contributed by atoms with Crippen molar-refractivity contribution in [3.05, 3.63) is 74.3 Å². The van der Waals surface area contributed by atoms with Crippen LogP contribution in [0.1, 0.15) is 14.5 Å². The van der Waals surface area contributed by atoms with Gasteiger partial charge in [-0.1, -0.05) is 30.3 Å². The molecule has 0 saturated heterocycles. The van der Waals surface area contributed by atoms with Crippen LogP contribution in [0.4, 0.5) is 0 Å². The zero-order valence-corrected chi connectivity index (χ0v) is 15.1. The zero-order chi connectivity index (χ0) is 17.4. The molecule has 25 heavy (non-hydrogen) atoms. The van der Waals surface area contributed by atoms with Crippen molar-refractivity contribution in [2.75, 3.05) is 0 Å².